The highest BCUT2D eigenvalue weighted by Gasteiger charge is 2.32. The summed E-state index contributed by atoms with van der Waals surface area (Å²) >= 11 is 12.0. The molecule has 1 aromatic heterocycles. The lowest BCUT2D eigenvalue weighted by atomic mass is 10.0. The minimum Gasteiger partial charge on any atom is -0.338 e. The van der Waals surface area contributed by atoms with Gasteiger partial charge in [0.2, 0.25) is 11.8 Å². The average Bonchev–Trinajstić information content (AvgIpc) is 3.38. The van der Waals surface area contributed by atoms with Gasteiger partial charge in [-0.25, -0.2) is 0 Å². The van der Waals surface area contributed by atoms with Gasteiger partial charge in [-0.15, -0.1) is 0 Å². The molecule has 6 nitrogen and oxygen atoms in total. The van der Waals surface area contributed by atoms with Crippen LogP contribution in [-0.2, 0) is 11.3 Å². The molecule has 1 amide bonds. The van der Waals surface area contributed by atoms with Crippen LogP contribution in [0.5, 0.6) is 0 Å². The minimum atomic E-state index is -0.227. The third-order valence-electron chi connectivity index (χ3n) is 4.87. The fourth-order valence-corrected chi connectivity index (χ4v) is 3.59. The predicted molar refractivity (Wildman–Crippen MR) is 99.4 cm³/mol. The summed E-state index contributed by atoms with van der Waals surface area (Å²) in [6, 6.07) is 4.86. The van der Waals surface area contributed by atoms with Crippen molar-refractivity contribution in [1.82, 2.24) is 15.0 Å². The molecule has 4 rings (SSSR count). The molecule has 8 heteroatoms. The number of carbonyl (C=O) groups is 1. The van der Waals surface area contributed by atoms with Gasteiger partial charge in [-0.2, -0.15) is 4.98 Å². The number of carbonyl (C=O) groups excluding carboxylic acids is 1. The van der Waals surface area contributed by atoms with Crippen molar-refractivity contribution in [2.24, 2.45) is 0 Å². The van der Waals surface area contributed by atoms with Gasteiger partial charge in [-0.1, -0.05) is 34.8 Å². The van der Waals surface area contributed by atoms with Crippen LogP contribution in [0.25, 0.3) is 0 Å². The second-order valence-corrected chi connectivity index (χ2v) is 7.74. The van der Waals surface area contributed by atoms with Gasteiger partial charge in [0, 0.05) is 11.6 Å². The standard InChI is InChI=1S/C18H20Cl2N4O2/c19-13-7-6-12(9-14(13)20)21-18(25)15-3-1-2-8-24(15)10-16-22-17(23-26-16)11-4-5-11/h6-7,9,11,15H,1-5,8,10H2,(H,21,25). The van der Waals surface area contributed by atoms with Crippen molar-refractivity contribution in [3.05, 3.63) is 40.0 Å². The van der Waals surface area contributed by atoms with E-state index < -0.39 is 0 Å². The summed E-state index contributed by atoms with van der Waals surface area (Å²) in [5.41, 5.74) is 0.642. The Bertz CT molecular complexity index is 806. The van der Waals surface area contributed by atoms with Crippen LogP contribution in [0.4, 0.5) is 5.69 Å². The first-order valence-electron chi connectivity index (χ1n) is 8.92. The number of piperidine rings is 1. The lowest BCUT2D eigenvalue weighted by Crippen LogP contribution is -2.46. The molecule has 1 saturated heterocycles. The molecule has 1 N–H and O–H groups in total. The summed E-state index contributed by atoms with van der Waals surface area (Å²) in [6.45, 7) is 1.33. The molecule has 2 heterocycles. The number of nitrogens with one attached hydrogen (secondary N) is 1. The number of halogens is 2. The molecule has 0 radical (unpaired) electrons. The number of amides is 1. The minimum absolute atomic E-state index is 0.0509. The Kier molecular flexibility index (Phi) is 5.16. The van der Waals surface area contributed by atoms with Crippen LogP contribution < -0.4 is 5.32 Å². The zero-order valence-corrected chi connectivity index (χ0v) is 15.8. The molecule has 0 bridgehead atoms. The Morgan fingerprint density at radius 3 is 2.85 bits per heavy atom. The topological polar surface area (TPSA) is 71.3 Å². The van der Waals surface area contributed by atoms with Gasteiger partial charge in [0.05, 0.1) is 22.6 Å². The SMILES string of the molecule is O=C(Nc1ccc(Cl)c(Cl)c1)C1CCCCN1Cc1nc(C2CC2)no1. The van der Waals surface area contributed by atoms with Gasteiger partial charge in [-0.05, 0) is 50.4 Å². The predicted octanol–water partition coefficient (Wildman–Crippen LogP) is 4.25. The molecule has 2 fully saturated rings. The van der Waals surface area contributed by atoms with Crippen molar-refractivity contribution in [1.29, 1.82) is 0 Å². The molecule has 1 aliphatic heterocycles. The maximum atomic E-state index is 12.8. The van der Waals surface area contributed by atoms with Crippen LogP contribution >= 0.6 is 23.2 Å². The van der Waals surface area contributed by atoms with Gasteiger partial charge in [-0.3, -0.25) is 9.69 Å². The van der Waals surface area contributed by atoms with Crippen molar-refractivity contribution in [2.45, 2.75) is 50.6 Å². The monoisotopic (exact) mass is 394 g/mol. The Balaban J connectivity index is 1.43. The molecular formula is C18H20Cl2N4O2. The van der Waals surface area contributed by atoms with Crippen LogP contribution in [-0.4, -0.2) is 33.5 Å². The zero-order chi connectivity index (χ0) is 18.1. The first kappa shape index (κ1) is 17.8. The molecular weight excluding hydrogens is 375 g/mol. The van der Waals surface area contributed by atoms with E-state index in [9.17, 15) is 4.79 Å². The first-order chi connectivity index (χ1) is 12.6. The molecule has 1 aliphatic carbocycles. The van der Waals surface area contributed by atoms with Crippen LogP contribution in [0, 0.1) is 0 Å². The summed E-state index contributed by atoms with van der Waals surface area (Å²) in [5.74, 6) is 1.79. The Labute approximate surface area is 161 Å². The van der Waals surface area contributed by atoms with E-state index in [0.717, 1.165) is 44.5 Å². The summed E-state index contributed by atoms with van der Waals surface area (Å²) in [6.07, 6.45) is 5.15. The molecule has 1 atom stereocenters. The highest BCUT2D eigenvalue weighted by Crippen LogP contribution is 2.38. The van der Waals surface area contributed by atoms with E-state index in [4.69, 9.17) is 27.7 Å². The van der Waals surface area contributed by atoms with E-state index in [2.05, 4.69) is 20.4 Å². The molecule has 1 aromatic carbocycles. The van der Waals surface area contributed by atoms with Crippen molar-refractivity contribution in [3.8, 4) is 0 Å². The number of rotatable bonds is 5. The number of likely N-dealkylation sites (tertiary alicyclic amines) is 1. The van der Waals surface area contributed by atoms with E-state index >= 15 is 0 Å². The normalized spacial score (nSPS) is 20.9. The molecule has 138 valence electrons. The largest absolute Gasteiger partial charge is 0.338 e. The van der Waals surface area contributed by atoms with Crippen molar-refractivity contribution in [3.63, 3.8) is 0 Å². The van der Waals surface area contributed by atoms with Gasteiger partial charge in [0.1, 0.15) is 0 Å². The first-order valence-corrected chi connectivity index (χ1v) is 9.68. The Morgan fingerprint density at radius 2 is 2.08 bits per heavy atom. The van der Waals surface area contributed by atoms with E-state index in [1.54, 1.807) is 18.2 Å². The third-order valence-corrected chi connectivity index (χ3v) is 5.61. The maximum Gasteiger partial charge on any atom is 0.241 e. The fourth-order valence-electron chi connectivity index (χ4n) is 3.29. The molecule has 0 spiro atoms. The van der Waals surface area contributed by atoms with Crippen LogP contribution in [0.2, 0.25) is 10.0 Å². The quantitative estimate of drug-likeness (QED) is 0.820. The number of hydrogen-bond donors (Lipinski definition) is 1. The summed E-state index contributed by atoms with van der Waals surface area (Å²) in [5, 5.41) is 7.88. The van der Waals surface area contributed by atoms with E-state index in [-0.39, 0.29) is 11.9 Å². The van der Waals surface area contributed by atoms with Gasteiger partial charge < -0.3 is 9.84 Å². The lowest BCUT2D eigenvalue weighted by Gasteiger charge is -2.33. The Morgan fingerprint density at radius 1 is 1.23 bits per heavy atom. The van der Waals surface area contributed by atoms with E-state index in [0.29, 0.717) is 34.1 Å². The molecule has 1 saturated carbocycles. The zero-order valence-electron chi connectivity index (χ0n) is 14.3. The summed E-state index contributed by atoms with van der Waals surface area (Å²) in [4.78, 5) is 19.4. The number of anilines is 1. The fraction of sp³-hybridized carbons (Fsp3) is 0.500. The van der Waals surface area contributed by atoms with Crippen LogP contribution in [0.15, 0.2) is 22.7 Å². The van der Waals surface area contributed by atoms with Crippen LogP contribution in [0.3, 0.4) is 0 Å². The van der Waals surface area contributed by atoms with Crippen molar-refractivity contribution >= 4 is 34.8 Å². The highest BCUT2D eigenvalue weighted by atomic mass is 35.5. The molecule has 2 aromatic rings. The molecule has 2 aliphatic rings. The number of aromatic nitrogens is 2. The van der Waals surface area contributed by atoms with Gasteiger partial charge >= 0.3 is 0 Å². The average molecular weight is 395 g/mol. The smallest absolute Gasteiger partial charge is 0.241 e. The van der Waals surface area contributed by atoms with Gasteiger partial charge in [0.15, 0.2) is 5.82 Å². The Hall–Kier alpha value is -1.63. The van der Waals surface area contributed by atoms with Gasteiger partial charge in [0.25, 0.3) is 0 Å². The molecule has 1 unspecified atom stereocenters. The van der Waals surface area contributed by atoms with Crippen molar-refractivity contribution < 1.29 is 9.32 Å². The molecule has 26 heavy (non-hydrogen) atoms. The second-order valence-electron chi connectivity index (χ2n) is 6.92. The third kappa shape index (κ3) is 4.03. The van der Waals surface area contributed by atoms with E-state index in [1.807, 2.05) is 0 Å². The summed E-state index contributed by atoms with van der Waals surface area (Å²) in [7, 11) is 0. The number of benzene rings is 1. The highest BCUT2D eigenvalue weighted by molar-refractivity contribution is 6.42. The van der Waals surface area contributed by atoms with E-state index in [1.165, 1.54) is 0 Å². The number of hydrogen-bond acceptors (Lipinski definition) is 5. The lowest BCUT2D eigenvalue weighted by molar-refractivity contribution is -0.122. The summed E-state index contributed by atoms with van der Waals surface area (Å²) < 4.78 is 5.38. The van der Waals surface area contributed by atoms with Crippen molar-refractivity contribution in [2.75, 3.05) is 11.9 Å². The van der Waals surface area contributed by atoms with Crippen LogP contribution in [0.1, 0.15) is 49.7 Å². The maximum absolute atomic E-state index is 12.8. The number of nitrogens with zero attached hydrogens (tertiary/aromatic N) is 3. The second kappa shape index (κ2) is 7.55.